The van der Waals surface area contributed by atoms with Gasteiger partial charge in [-0.05, 0) is 19.8 Å². The Balaban J connectivity index is 2.01. The molecule has 88 valence electrons. The van der Waals surface area contributed by atoms with E-state index in [0.717, 1.165) is 18.5 Å². The van der Waals surface area contributed by atoms with Crippen LogP contribution in [0, 0.1) is 0 Å². The van der Waals surface area contributed by atoms with Gasteiger partial charge in [-0.3, -0.25) is 10.1 Å². The van der Waals surface area contributed by atoms with Crippen molar-refractivity contribution in [2.24, 2.45) is 0 Å². The monoisotopic (exact) mass is 260 g/mol. The molecule has 1 aliphatic heterocycles. The second-order valence-electron chi connectivity index (χ2n) is 3.91. The molecule has 1 atom stereocenters. The van der Waals surface area contributed by atoms with Crippen LogP contribution in [0.5, 0.6) is 0 Å². The lowest BCUT2D eigenvalue weighted by Crippen LogP contribution is -2.39. The zero-order chi connectivity index (χ0) is 11.6. The summed E-state index contributed by atoms with van der Waals surface area (Å²) in [7, 11) is 0. The summed E-state index contributed by atoms with van der Waals surface area (Å²) in [5.74, 6) is 0.237. The molecule has 16 heavy (non-hydrogen) atoms. The van der Waals surface area contributed by atoms with Crippen molar-refractivity contribution in [3.05, 3.63) is 11.1 Å². The van der Waals surface area contributed by atoms with Crippen LogP contribution in [-0.4, -0.2) is 23.1 Å². The Morgan fingerprint density at radius 3 is 3.19 bits per heavy atom. The number of amides is 1. The highest BCUT2D eigenvalue weighted by molar-refractivity contribution is 7.14. The standard InChI is InChI=1S/C10H13ClN2O2S/c1-10(3-2-4-15-10)8(14)13-9-12-7(5-11)6-16-9/h6H,2-5H2,1H3,(H,12,13,14). The second-order valence-corrected chi connectivity index (χ2v) is 5.04. The highest BCUT2D eigenvalue weighted by atomic mass is 35.5. The maximum Gasteiger partial charge on any atom is 0.258 e. The summed E-state index contributed by atoms with van der Waals surface area (Å²) in [5.41, 5.74) is 0.0757. The molecule has 1 fully saturated rings. The fraction of sp³-hybridized carbons (Fsp3) is 0.600. The molecule has 0 bridgehead atoms. The number of ether oxygens (including phenoxy) is 1. The lowest BCUT2D eigenvalue weighted by Gasteiger charge is -2.20. The minimum Gasteiger partial charge on any atom is -0.365 e. The van der Waals surface area contributed by atoms with E-state index in [2.05, 4.69) is 10.3 Å². The molecule has 1 aromatic rings. The van der Waals surface area contributed by atoms with Crippen LogP contribution in [-0.2, 0) is 15.4 Å². The van der Waals surface area contributed by atoms with Gasteiger partial charge < -0.3 is 4.74 Å². The predicted molar refractivity (Wildman–Crippen MR) is 63.9 cm³/mol. The van der Waals surface area contributed by atoms with E-state index in [4.69, 9.17) is 16.3 Å². The van der Waals surface area contributed by atoms with Gasteiger partial charge >= 0.3 is 0 Å². The van der Waals surface area contributed by atoms with Crippen molar-refractivity contribution >= 4 is 34.0 Å². The van der Waals surface area contributed by atoms with Gasteiger partial charge in [0, 0.05) is 12.0 Å². The van der Waals surface area contributed by atoms with Crippen LogP contribution in [0.25, 0.3) is 0 Å². The maximum absolute atomic E-state index is 11.9. The summed E-state index contributed by atoms with van der Waals surface area (Å²) < 4.78 is 5.45. The highest BCUT2D eigenvalue weighted by Gasteiger charge is 2.38. The Bertz CT molecular complexity index is 388. The van der Waals surface area contributed by atoms with Gasteiger partial charge in [-0.2, -0.15) is 0 Å². The SMILES string of the molecule is CC1(C(=O)Nc2nc(CCl)cs2)CCCO1. The first-order valence-corrected chi connectivity index (χ1v) is 6.51. The van der Waals surface area contributed by atoms with Crippen molar-refractivity contribution < 1.29 is 9.53 Å². The van der Waals surface area contributed by atoms with Crippen LogP contribution in [0.3, 0.4) is 0 Å². The number of hydrogen-bond acceptors (Lipinski definition) is 4. The molecule has 1 aromatic heterocycles. The lowest BCUT2D eigenvalue weighted by molar-refractivity contribution is -0.133. The molecule has 1 unspecified atom stereocenters. The van der Waals surface area contributed by atoms with Crippen molar-refractivity contribution in [3.63, 3.8) is 0 Å². The molecule has 1 aliphatic rings. The van der Waals surface area contributed by atoms with Crippen molar-refractivity contribution in [3.8, 4) is 0 Å². The van der Waals surface area contributed by atoms with Gasteiger partial charge in [0.15, 0.2) is 5.13 Å². The number of nitrogens with one attached hydrogen (secondary N) is 1. The van der Waals surface area contributed by atoms with E-state index < -0.39 is 5.60 Å². The van der Waals surface area contributed by atoms with E-state index in [9.17, 15) is 4.79 Å². The van der Waals surface area contributed by atoms with Crippen molar-refractivity contribution in [2.75, 3.05) is 11.9 Å². The molecule has 4 nitrogen and oxygen atoms in total. The minimum absolute atomic E-state index is 0.125. The topological polar surface area (TPSA) is 51.2 Å². The molecule has 1 saturated heterocycles. The minimum atomic E-state index is -0.702. The molecule has 2 rings (SSSR count). The first kappa shape index (κ1) is 11.8. The first-order chi connectivity index (χ1) is 7.64. The van der Waals surface area contributed by atoms with Gasteiger partial charge in [0.25, 0.3) is 5.91 Å². The first-order valence-electron chi connectivity index (χ1n) is 5.10. The molecule has 0 aliphatic carbocycles. The zero-order valence-electron chi connectivity index (χ0n) is 8.96. The second kappa shape index (κ2) is 4.69. The number of nitrogens with zero attached hydrogens (tertiary/aromatic N) is 1. The average molecular weight is 261 g/mol. The van der Waals surface area contributed by atoms with Crippen LogP contribution in [0.4, 0.5) is 5.13 Å². The molecule has 0 saturated carbocycles. The number of carbonyl (C=O) groups is 1. The van der Waals surface area contributed by atoms with Gasteiger partial charge in [-0.15, -0.1) is 22.9 Å². The smallest absolute Gasteiger partial charge is 0.258 e. The summed E-state index contributed by atoms with van der Waals surface area (Å²) in [6.45, 7) is 2.46. The quantitative estimate of drug-likeness (QED) is 0.849. The molecule has 0 radical (unpaired) electrons. The number of rotatable bonds is 3. The Labute approximate surface area is 103 Å². The van der Waals surface area contributed by atoms with Crippen molar-refractivity contribution in [1.82, 2.24) is 4.98 Å². The number of alkyl halides is 1. The molecule has 2 heterocycles. The normalized spacial score (nSPS) is 24.6. The Hall–Kier alpha value is -0.650. The zero-order valence-corrected chi connectivity index (χ0v) is 10.5. The Morgan fingerprint density at radius 2 is 2.62 bits per heavy atom. The van der Waals surface area contributed by atoms with E-state index in [-0.39, 0.29) is 5.91 Å². The molecular formula is C10H13ClN2O2S. The van der Waals surface area contributed by atoms with Gasteiger partial charge in [0.1, 0.15) is 5.60 Å². The van der Waals surface area contributed by atoms with Crippen LogP contribution >= 0.6 is 22.9 Å². The Morgan fingerprint density at radius 1 is 1.81 bits per heavy atom. The molecule has 1 amide bonds. The summed E-state index contributed by atoms with van der Waals surface area (Å²) in [5, 5.41) is 5.18. The van der Waals surface area contributed by atoms with Crippen molar-refractivity contribution in [2.45, 2.75) is 31.2 Å². The van der Waals surface area contributed by atoms with Gasteiger partial charge in [0.05, 0.1) is 11.6 Å². The van der Waals surface area contributed by atoms with Crippen LogP contribution in [0.2, 0.25) is 0 Å². The third-order valence-electron chi connectivity index (χ3n) is 2.61. The molecule has 6 heteroatoms. The number of hydrogen-bond donors (Lipinski definition) is 1. The van der Waals surface area contributed by atoms with E-state index in [1.54, 1.807) is 0 Å². The third kappa shape index (κ3) is 2.36. The van der Waals surface area contributed by atoms with E-state index in [1.165, 1.54) is 11.3 Å². The highest BCUT2D eigenvalue weighted by Crippen LogP contribution is 2.27. The summed E-state index contributed by atoms with van der Waals surface area (Å²) >= 11 is 7.01. The lowest BCUT2D eigenvalue weighted by atomic mass is 10.0. The van der Waals surface area contributed by atoms with E-state index >= 15 is 0 Å². The van der Waals surface area contributed by atoms with Gasteiger partial charge in [0.2, 0.25) is 0 Å². The summed E-state index contributed by atoms with van der Waals surface area (Å²) in [6, 6.07) is 0. The summed E-state index contributed by atoms with van der Waals surface area (Å²) in [6.07, 6.45) is 1.68. The summed E-state index contributed by atoms with van der Waals surface area (Å²) in [4.78, 5) is 16.1. The number of carbonyl (C=O) groups excluding carboxylic acids is 1. The Kier molecular flexibility index (Phi) is 3.47. The van der Waals surface area contributed by atoms with E-state index in [0.29, 0.717) is 17.6 Å². The fourth-order valence-corrected chi connectivity index (χ4v) is 2.55. The van der Waals surface area contributed by atoms with Crippen LogP contribution < -0.4 is 5.32 Å². The number of aromatic nitrogens is 1. The van der Waals surface area contributed by atoms with Crippen molar-refractivity contribution in [1.29, 1.82) is 0 Å². The third-order valence-corrected chi connectivity index (χ3v) is 3.69. The molecule has 1 N–H and O–H groups in total. The van der Waals surface area contributed by atoms with Crippen LogP contribution in [0.1, 0.15) is 25.5 Å². The number of thiazole rings is 1. The average Bonchev–Trinajstić information content (AvgIpc) is 2.88. The molecule has 0 aromatic carbocycles. The molecular weight excluding hydrogens is 248 g/mol. The van der Waals surface area contributed by atoms with Gasteiger partial charge in [-0.25, -0.2) is 4.98 Å². The van der Waals surface area contributed by atoms with Crippen LogP contribution in [0.15, 0.2) is 5.38 Å². The van der Waals surface area contributed by atoms with E-state index in [1.807, 2.05) is 12.3 Å². The largest absolute Gasteiger partial charge is 0.365 e. The predicted octanol–water partition coefficient (Wildman–Crippen LogP) is 2.39. The number of anilines is 1. The number of halogens is 1. The fourth-order valence-electron chi connectivity index (χ4n) is 1.61. The maximum atomic E-state index is 11.9. The molecule has 0 spiro atoms. The van der Waals surface area contributed by atoms with Gasteiger partial charge in [-0.1, -0.05) is 0 Å².